The van der Waals surface area contributed by atoms with Crippen molar-refractivity contribution in [2.75, 3.05) is 26.6 Å². The monoisotopic (exact) mass is 576 g/mol. The third-order valence-electron chi connectivity index (χ3n) is 7.35. The van der Waals surface area contributed by atoms with Gasteiger partial charge < -0.3 is 63.5 Å². The molecule has 41 heavy (non-hydrogen) atoms. The summed E-state index contributed by atoms with van der Waals surface area (Å²) in [6, 6.07) is 9.46. The highest BCUT2D eigenvalue weighted by atomic mass is 16.7. The highest BCUT2D eigenvalue weighted by Crippen LogP contribution is 2.36. The molecule has 0 bridgehead atoms. The molecule has 4 heterocycles. The van der Waals surface area contributed by atoms with Gasteiger partial charge >= 0.3 is 0 Å². The van der Waals surface area contributed by atoms with Gasteiger partial charge in [0.05, 0.1) is 30.8 Å². The Morgan fingerprint density at radius 1 is 0.951 bits per heavy atom. The Balaban J connectivity index is 1.16. The number of fused-ring (bicyclic) bond motifs is 2. The molecule has 3 aliphatic rings. The molecule has 3 aromatic rings. The van der Waals surface area contributed by atoms with E-state index in [-0.39, 0.29) is 35.5 Å². The van der Waals surface area contributed by atoms with E-state index in [2.05, 4.69) is 0 Å². The second-order valence-corrected chi connectivity index (χ2v) is 10.1. The fraction of sp³-hybridized carbons (Fsp3) is 0.444. The van der Waals surface area contributed by atoms with Gasteiger partial charge in [-0.3, -0.25) is 4.79 Å². The van der Waals surface area contributed by atoms with Gasteiger partial charge in [-0.15, -0.1) is 0 Å². The predicted octanol–water partition coefficient (Wildman–Crippen LogP) is -1.17. The van der Waals surface area contributed by atoms with Crippen LogP contribution in [0.5, 0.6) is 17.2 Å². The van der Waals surface area contributed by atoms with Gasteiger partial charge in [0.25, 0.3) is 0 Å². The quantitative estimate of drug-likeness (QED) is 0.196. The van der Waals surface area contributed by atoms with E-state index in [1.54, 1.807) is 18.2 Å². The van der Waals surface area contributed by atoms with Gasteiger partial charge in [-0.25, -0.2) is 0 Å². The Kier molecular flexibility index (Phi) is 7.35. The van der Waals surface area contributed by atoms with Crippen LogP contribution in [-0.4, -0.2) is 106 Å². The predicted molar refractivity (Wildman–Crippen MR) is 135 cm³/mol. The van der Waals surface area contributed by atoms with Gasteiger partial charge in [-0.2, -0.15) is 0 Å². The summed E-state index contributed by atoms with van der Waals surface area (Å²) < 4.78 is 38.3. The molecule has 2 aromatic carbocycles. The molecule has 8 atom stereocenters. The first kappa shape index (κ1) is 27.8. The molecule has 2 saturated heterocycles. The number of aliphatic hydroxyl groups excluding tert-OH is 5. The van der Waals surface area contributed by atoms with Gasteiger partial charge in [-0.05, 0) is 29.8 Å². The summed E-state index contributed by atoms with van der Waals surface area (Å²) in [5.74, 6) is 1.23. The Morgan fingerprint density at radius 3 is 2.54 bits per heavy atom. The first-order valence-corrected chi connectivity index (χ1v) is 12.7. The zero-order chi connectivity index (χ0) is 28.9. The number of rotatable bonds is 7. The summed E-state index contributed by atoms with van der Waals surface area (Å²) in [5, 5.41) is 61.0. The maximum atomic E-state index is 13.2. The minimum Gasteiger partial charge on any atom is -0.463 e. The first-order chi connectivity index (χ1) is 19.7. The van der Waals surface area contributed by atoms with E-state index in [9.17, 15) is 35.4 Å². The molecule has 0 amide bonds. The smallest absolute Gasteiger partial charge is 0.231 e. The molecule has 220 valence electrons. The molecule has 14 heteroatoms. The van der Waals surface area contributed by atoms with Crippen molar-refractivity contribution in [2.45, 2.75) is 48.7 Å². The minimum atomic E-state index is -1.91. The van der Waals surface area contributed by atoms with Gasteiger partial charge in [0, 0.05) is 6.07 Å². The van der Waals surface area contributed by atoms with Crippen LogP contribution in [0.15, 0.2) is 51.9 Å². The molecule has 0 spiro atoms. The second kappa shape index (κ2) is 10.8. The fourth-order valence-electron chi connectivity index (χ4n) is 4.86. The van der Waals surface area contributed by atoms with Gasteiger partial charge in [-0.1, -0.05) is 6.07 Å². The molecule has 0 aliphatic carbocycles. The largest absolute Gasteiger partial charge is 0.463 e. The van der Waals surface area contributed by atoms with Crippen LogP contribution in [0.4, 0.5) is 0 Å². The molecule has 6 rings (SSSR count). The van der Waals surface area contributed by atoms with Crippen molar-refractivity contribution < 1.29 is 63.5 Å². The lowest BCUT2D eigenvalue weighted by Gasteiger charge is -2.40. The minimum absolute atomic E-state index is 0.101. The van der Waals surface area contributed by atoms with Crippen LogP contribution in [0, 0.1) is 0 Å². The first-order valence-electron chi connectivity index (χ1n) is 12.7. The third-order valence-corrected chi connectivity index (χ3v) is 7.35. The Bertz CT molecular complexity index is 1470. The lowest BCUT2D eigenvalue weighted by molar-refractivity contribution is -0.289. The van der Waals surface area contributed by atoms with E-state index in [1.165, 1.54) is 24.5 Å². The van der Waals surface area contributed by atoms with Crippen LogP contribution in [0.3, 0.4) is 0 Å². The summed E-state index contributed by atoms with van der Waals surface area (Å²) in [5.41, 5.74) is -1.13. The summed E-state index contributed by atoms with van der Waals surface area (Å²) in [4.78, 5) is 13.2. The van der Waals surface area contributed by atoms with Crippen LogP contribution in [0.2, 0.25) is 0 Å². The average molecular weight is 577 g/mol. The number of benzene rings is 2. The second-order valence-electron chi connectivity index (χ2n) is 10.1. The third kappa shape index (κ3) is 5.03. The molecule has 1 aromatic heterocycles. The number of aliphatic hydroxyl groups is 6. The van der Waals surface area contributed by atoms with Gasteiger partial charge in [0.2, 0.25) is 13.1 Å². The summed E-state index contributed by atoms with van der Waals surface area (Å²) in [7, 11) is 0. The SMILES string of the molecule is O=c1c(-c2ccc3c(c2)OCO3)coc2cc(OC3OC(COC4OCC(O)(CO)C4O)C(O)C(O)C3O)ccc12. The van der Waals surface area contributed by atoms with Crippen molar-refractivity contribution in [3.63, 3.8) is 0 Å². The summed E-state index contributed by atoms with van der Waals surface area (Å²) >= 11 is 0. The van der Waals surface area contributed by atoms with E-state index in [1.807, 2.05) is 0 Å². The number of hydrogen-bond donors (Lipinski definition) is 6. The van der Waals surface area contributed by atoms with E-state index in [0.717, 1.165) is 0 Å². The zero-order valence-corrected chi connectivity index (χ0v) is 21.4. The lowest BCUT2D eigenvalue weighted by atomic mass is 9.99. The van der Waals surface area contributed by atoms with Crippen LogP contribution in [0.25, 0.3) is 22.1 Å². The van der Waals surface area contributed by atoms with Crippen molar-refractivity contribution in [1.82, 2.24) is 0 Å². The van der Waals surface area contributed by atoms with E-state index < -0.39 is 61.9 Å². The Labute approximate surface area is 231 Å². The molecule has 0 radical (unpaired) electrons. The van der Waals surface area contributed by atoms with Crippen LogP contribution < -0.4 is 19.6 Å². The normalized spacial score (nSPS) is 32.9. The van der Waals surface area contributed by atoms with E-state index >= 15 is 0 Å². The highest BCUT2D eigenvalue weighted by Gasteiger charge is 2.50. The molecule has 14 nitrogen and oxygen atoms in total. The molecule has 2 fully saturated rings. The maximum Gasteiger partial charge on any atom is 0.231 e. The van der Waals surface area contributed by atoms with Crippen molar-refractivity contribution in [3.05, 3.63) is 52.9 Å². The Morgan fingerprint density at radius 2 is 1.76 bits per heavy atom. The summed E-state index contributed by atoms with van der Waals surface area (Å²) in [6.45, 7) is -1.47. The lowest BCUT2D eigenvalue weighted by Crippen LogP contribution is -2.60. The molecule has 6 N–H and O–H groups in total. The number of ether oxygens (including phenoxy) is 6. The van der Waals surface area contributed by atoms with Crippen LogP contribution in [0.1, 0.15) is 0 Å². The van der Waals surface area contributed by atoms with Crippen LogP contribution >= 0.6 is 0 Å². The molecular formula is C27H28O14. The standard InChI is InChI=1S/C27H28O14/c28-9-27(34)10-37-26(24(27)33)36-8-19-21(30)22(31)23(32)25(41-19)40-13-2-3-14-17(6-13)35-7-15(20(14)29)12-1-4-16-18(5-12)39-11-38-16/h1-7,19,21-26,28,30-34H,8-11H2. The van der Waals surface area contributed by atoms with Crippen molar-refractivity contribution >= 4 is 11.0 Å². The zero-order valence-electron chi connectivity index (χ0n) is 21.4. The Hall–Kier alpha value is -3.31. The van der Waals surface area contributed by atoms with E-state index in [4.69, 9.17) is 32.8 Å². The fourth-order valence-corrected chi connectivity index (χ4v) is 4.86. The summed E-state index contributed by atoms with van der Waals surface area (Å²) in [6.07, 6.45) is -9.25. The molecule has 3 aliphatic heterocycles. The maximum absolute atomic E-state index is 13.2. The highest BCUT2D eigenvalue weighted by molar-refractivity contribution is 5.83. The van der Waals surface area contributed by atoms with Gasteiger partial charge in [0.15, 0.2) is 23.2 Å². The number of hydrogen-bond acceptors (Lipinski definition) is 14. The topological polar surface area (TPSA) is 207 Å². The average Bonchev–Trinajstić information content (AvgIpc) is 3.56. The van der Waals surface area contributed by atoms with Gasteiger partial charge in [0.1, 0.15) is 53.7 Å². The van der Waals surface area contributed by atoms with E-state index in [0.29, 0.717) is 22.6 Å². The molecular weight excluding hydrogens is 548 g/mol. The molecule has 0 saturated carbocycles. The van der Waals surface area contributed by atoms with Crippen molar-refractivity contribution in [2.24, 2.45) is 0 Å². The molecule has 8 unspecified atom stereocenters. The van der Waals surface area contributed by atoms with Crippen molar-refractivity contribution in [1.29, 1.82) is 0 Å². The van der Waals surface area contributed by atoms with Crippen molar-refractivity contribution in [3.8, 4) is 28.4 Å². The van der Waals surface area contributed by atoms with Crippen LogP contribution in [-0.2, 0) is 14.2 Å².